The minimum atomic E-state index is -1.09. The summed E-state index contributed by atoms with van der Waals surface area (Å²) in [6, 6.07) is 9.84. The molecule has 5 nitrogen and oxygen atoms in total. The summed E-state index contributed by atoms with van der Waals surface area (Å²) < 4.78 is 7.17. The van der Waals surface area contributed by atoms with E-state index >= 15 is 0 Å². The van der Waals surface area contributed by atoms with Crippen LogP contribution in [0.25, 0.3) is 33.4 Å². The van der Waals surface area contributed by atoms with E-state index in [0.29, 0.717) is 31.0 Å². The molecule has 0 fully saturated rings. The maximum absolute atomic E-state index is 12.4. The summed E-state index contributed by atoms with van der Waals surface area (Å²) in [6.07, 6.45) is 0. The number of halogens is 4. The SMILES string of the molecule is O=C(O)c1ccccc1-c1c2cc(Br)c(=O)c(Br)c-2oc2c(Br)c(O)c(Br)cc12.[KH].[KH]. The molecule has 2 aromatic carbocycles. The molecule has 1 aliphatic heterocycles. The Bertz CT molecular complexity index is 1370. The molecule has 1 aliphatic carbocycles. The normalized spacial score (nSPS) is 10.6. The summed E-state index contributed by atoms with van der Waals surface area (Å²) in [7, 11) is 0. The molecule has 0 spiro atoms. The third-order valence-corrected chi connectivity index (χ3v) is 7.10. The van der Waals surface area contributed by atoms with Gasteiger partial charge in [-0.3, -0.25) is 4.79 Å². The van der Waals surface area contributed by atoms with Crippen molar-refractivity contribution in [2.45, 2.75) is 0 Å². The van der Waals surface area contributed by atoms with Crippen molar-refractivity contribution in [3.63, 3.8) is 0 Å². The second kappa shape index (κ2) is 11.6. The zero-order valence-electron chi connectivity index (χ0n) is 14.1. The number of benzene rings is 3. The first-order valence-electron chi connectivity index (χ1n) is 8.00. The fourth-order valence-electron chi connectivity index (χ4n) is 3.17. The summed E-state index contributed by atoms with van der Waals surface area (Å²) in [6.45, 7) is 0. The number of aromatic hydroxyl groups is 1. The van der Waals surface area contributed by atoms with E-state index in [9.17, 15) is 19.8 Å². The Morgan fingerprint density at radius 1 is 0.903 bits per heavy atom. The van der Waals surface area contributed by atoms with Crippen molar-refractivity contribution < 1.29 is 19.4 Å². The van der Waals surface area contributed by atoms with Gasteiger partial charge in [0.2, 0.25) is 5.43 Å². The van der Waals surface area contributed by atoms with Crippen molar-refractivity contribution in [1.29, 1.82) is 0 Å². The molecule has 150 valence electrons. The molecule has 0 saturated carbocycles. The van der Waals surface area contributed by atoms with Gasteiger partial charge in [0.1, 0.15) is 14.7 Å². The van der Waals surface area contributed by atoms with Crippen LogP contribution in [-0.2, 0) is 0 Å². The first kappa shape index (κ1) is 28.8. The number of fused-ring (bicyclic) bond motifs is 2. The maximum atomic E-state index is 12.4. The van der Waals surface area contributed by atoms with Gasteiger partial charge in [0.15, 0.2) is 11.3 Å². The Morgan fingerprint density at radius 3 is 2.19 bits per heavy atom. The molecular formula is C20H10Br4K2O5. The van der Waals surface area contributed by atoms with Gasteiger partial charge in [-0.2, -0.15) is 0 Å². The van der Waals surface area contributed by atoms with Gasteiger partial charge in [-0.1, -0.05) is 18.2 Å². The van der Waals surface area contributed by atoms with Crippen molar-refractivity contribution in [1.82, 2.24) is 0 Å². The molecule has 1 heterocycles. The Morgan fingerprint density at radius 2 is 1.55 bits per heavy atom. The molecule has 2 N–H and O–H groups in total. The quantitative estimate of drug-likeness (QED) is 0.204. The van der Waals surface area contributed by atoms with E-state index in [2.05, 4.69) is 63.7 Å². The fraction of sp³-hybridized carbons (Fsp3) is 0. The summed E-state index contributed by atoms with van der Waals surface area (Å²) >= 11 is 13.2. The number of hydrogen-bond donors (Lipinski definition) is 2. The second-order valence-corrected chi connectivity index (χ2v) is 9.40. The van der Waals surface area contributed by atoms with Gasteiger partial charge in [-0.15, -0.1) is 0 Å². The van der Waals surface area contributed by atoms with Crippen molar-refractivity contribution in [2.75, 3.05) is 0 Å². The van der Waals surface area contributed by atoms with Crippen LogP contribution in [0.15, 0.2) is 63.5 Å². The van der Waals surface area contributed by atoms with Gasteiger partial charge < -0.3 is 14.6 Å². The van der Waals surface area contributed by atoms with Gasteiger partial charge in [0.25, 0.3) is 0 Å². The molecule has 11 heteroatoms. The summed E-state index contributed by atoms with van der Waals surface area (Å²) in [5, 5.41) is 20.6. The Balaban J connectivity index is 0.00000171. The van der Waals surface area contributed by atoms with Crippen LogP contribution < -0.4 is 5.43 Å². The first-order chi connectivity index (χ1) is 13.7. The Labute approximate surface area is 295 Å². The number of phenolic OH excluding ortho intramolecular Hbond substituents is 1. The second-order valence-electron chi connectivity index (χ2n) is 6.10. The molecule has 2 aromatic rings. The van der Waals surface area contributed by atoms with Crippen molar-refractivity contribution in [3.05, 3.63) is 70.1 Å². The number of carbonyl (C=O) groups is 1. The van der Waals surface area contributed by atoms with Crippen LogP contribution in [0, 0.1) is 0 Å². The van der Waals surface area contributed by atoms with Crippen molar-refractivity contribution in [2.24, 2.45) is 0 Å². The van der Waals surface area contributed by atoms with E-state index < -0.39 is 5.97 Å². The number of aromatic carboxylic acids is 1. The van der Waals surface area contributed by atoms with Gasteiger partial charge >= 0.3 is 109 Å². The van der Waals surface area contributed by atoms with Gasteiger partial charge in [-0.05, 0) is 87.5 Å². The van der Waals surface area contributed by atoms with E-state index in [1.54, 1.807) is 30.3 Å². The topological polar surface area (TPSA) is 87.7 Å². The Hall–Kier alpha value is 1.59. The fourth-order valence-corrected chi connectivity index (χ4v) is 5.57. The van der Waals surface area contributed by atoms with Crippen LogP contribution in [-0.4, -0.2) is 119 Å². The third kappa shape index (κ3) is 5.25. The zero-order valence-corrected chi connectivity index (χ0v) is 20.4. The van der Waals surface area contributed by atoms with Gasteiger partial charge in [0, 0.05) is 16.5 Å². The average molecular weight is 728 g/mol. The molecule has 0 radical (unpaired) electrons. The molecule has 2 aliphatic rings. The van der Waals surface area contributed by atoms with Gasteiger partial charge in [0.05, 0.1) is 14.5 Å². The van der Waals surface area contributed by atoms with Crippen LogP contribution in [0.4, 0.5) is 0 Å². The van der Waals surface area contributed by atoms with Crippen molar-refractivity contribution >= 4 is 183 Å². The summed E-state index contributed by atoms with van der Waals surface area (Å²) in [5.41, 5.74) is 1.61. The zero-order chi connectivity index (χ0) is 21.0. The molecule has 4 rings (SSSR count). The molecule has 0 atom stereocenters. The van der Waals surface area contributed by atoms with E-state index in [1.165, 1.54) is 6.07 Å². The number of carboxylic acids is 1. The molecule has 0 amide bonds. The van der Waals surface area contributed by atoms with Crippen LogP contribution in [0.2, 0.25) is 0 Å². The molecule has 0 bridgehead atoms. The van der Waals surface area contributed by atoms with Crippen LogP contribution in [0.1, 0.15) is 10.4 Å². The predicted octanol–water partition coefficient (Wildman–Crippen LogP) is 5.72. The number of rotatable bonds is 2. The summed E-state index contributed by atoms with van der Waals surface area (Å²) in [5.74, 6) is -0.921. The molecule has 0 unspecified atom stereocenters. The third-order valence-electron chi connectivity index (χ3n) is 4.45. The molecule has 0 saturated heterocycles. The van der Waals surface area contributed by atoms with E-state index in [4.69, 9.17) is 4.42 Å². The van der Waals surface area contributed by atoms with E-state index in [1.807, 2.05) is 0 Å². The molecular weight excluding hydrogens is 718 g/mol. The monoisotopic (exact) mass is 724 g/mol. The van der Waals surface area contributed by atoms with E-state index in [0.717, 1.165) is 0 Å². The average Bonchev–Trinajstić information content (AvgIpc) is 2.69. The minimum absolute atomic E-state index is 0. The molecule has 0 aromatic heterocycles. The standard InChI is InChI=1S/C20H8Br4O5.2K.2H/c21-11-5-9-13(7-3-1-2-4-8(7)20(27)28)10-6-12(22)17(26)15(24)19(10)29-18(9)14(23)16(11)25;;;;/h1-6,25H,(H,27,28);;;;. The predicted molar refractivity (Wildman–Crippen MR) is 138 cm³/mol. The Kier molecular flexibility index (Phi) is 10.7. The van der Waals surface area contributed by atoms with E-state index in [-0.39, 0.29) is 140 Å². The van der Waals surface area contributed by atoms with Crippen LogP contribution >= 0.6 is 63.7 Å². The summed E-state index contributed by atoms with van der Waals surface area (Å²) in [4.78, 5) is 24.3. The van der Waals surface area contributed by atoms with Crippen LogP contribution in [0.3, 0.4) is 0 Å². The number of carboxylic acid groups (broad SMARTS) is 1. The number of phenols is 1. The number of hydrogen-bond acceptors (Lipinski definition) is 4. The van der Waals surface area contributed by atoms with Crippen molar-refractivity contribution in [3.8, 4) is 28.2 Å². The van der Waals surface area contributed by atoms with Crippen LogP contribution in [0.5, 0.6) is 5.75 Å². The molecule has 31 heavy (non-hydrogen) atoms. The first-order valence-corrected chi connectivity index (χ1v) is 11.2. The van der Waals surface area contributed by atoms with Gasteiger partial charge in [-0.25, -0.2) is 4.79 Å².